The lowest BCUT2D eigenvalue weighted by Crippen LogP contribution is -2.09. The molecule has 0 spiro atoms. The highest BCUT2D eigenvalue weighted by molar-refractivity contribution is 5.90. The molecule has 0 radical (unpaired) electrons. The normalized spacial score (nSPS) is 10.8. The molecule has 2 heterocycles. The maximum atomic E-state index is 14.5. The van der Waals surface area contributed by atoms with Crippen LogP contribution in [0.3, 0.4) is 0 Å². The molecule has 0 unspecified atom stereocenters. The summed E-state index contributed by atoms with van der Waals surface area (Å²) >= 11 is 0. The molecule has 11 heteroatoms. The lowest BCUT2D eigenvalue weighted by molar-refractivity contribution is -0.384. The maximum absolute atomic E-state index is 14.5. The number of pyridine rings is 2. The Hall–Kier alpha value is -4.54. The van der Waals surface area contributed by atoms with Gasteiger partial charge in [-0.15, -0.1) is 0 Å². The summed E-state index contributed by atoms with van der Waals surface area (Å²) in [6.07, 6.45) is 1.53. The molecule has 0 aliphatic carbocycles. The Morgan fingerprint density at radius 1 is 1.09 bits per heavy atom. The molecule has 2 aromatic heterocycles. The third-order valence-corrected chi connectivity index (χ3v) is 5.02. The van der Waals surface area contributed by atoms with Crippen molar-refractivity contribution in [1.29, 1.82) is 0 Å². The molecule has 0 aliphatic heterocycles. The van der Waals surface area contributed by atoms with Crippen molar-refractivity contribution in [3.63, 3.8) is 0 Å². The number of hydrogen-bond donors (Lipinski definition) is 1. The van der Waals surface area contributed by atoms with Gasteiger partial charge in [-0.05, 0) is 30.3 Å². The first-order valence-corrected chi connectivity index (χ1v) is 9.78. The van der Waals surface area contributed by atoms with Crippen LogP contribution in [0.2, 0.25) is 0 Å². The number of carbonyl (C=O) groups excluding carboxylic acids is 1. The molecular formula is C23H15F3N4O4. The summed E-state index contributed by atoms with van der Waals surface area (Å²) in [5.74, 6) is -4.34. The minimum atomic E-state index is -1.19. The zero-order chi connectivity index (χ0) is 24.4. The van der Waals surface area contributed by atoms with Gasteiger partial charge in [0.15, 0.2) is 0 Å². The SMILES string of the molecule is COC(=O)c1c(F)cc(-c2ccc([N+](=O)[O-])c(NCc3cc4cccnc4cc3F)n2)cc1F. The van der Waals surface area contributed by atoms with Crippen molar-refractivity contribution in [2.45, 2.75) is 6.54 Å². The molecule has 0 saturated carbocycles. The van der Waals surface area contributed by atoms with E-state index in [0.717, 1.165) is 25.3 Å². The van der Waals surface area contributed by atoms with Gasteiger partial charge in [-0.25, -0.2) is 22.9 Å². The molecule has 0 amide bonds. The zero-order valence-corrected chi connectivity index (χ0v) is 17.5. The van der Waals surface area contributed by atoms with Crippen LogP contribution in [-0.4, -0.2) is 28.0 Å². The Bertz CT molecular complexity index is 1420. The van der Waals surface area contributed by atoms with Gasteiger partial charge < -0.3 is 10.1 Å². The monoisotopic (exact) mass is 468 g/mol. The van der Waals surface area contributed by atoms with Gasteiger partial charge in [-0.1, -0.05) is 6.07 Å². The number of methoxy groups -OCH3 is 1. The summed E-state index contributed by atoms with van der Waals surface area (Å²) < 4.78 is 47.5. The molecule has 0 saturated heterocycles. The lowest BCUT2D eigenvalue weighted by Gasteiger charge is -2.11. The molecule has 1 N–H and O–H groups in total. The third kappa shape index (κ3) is 4.35. The second kappa shape index (κ2) is 9.14. The summed E-state index contributed by atoms with van der Waals surface area (Å²) in [5.41, 5.74) is -0.698. The first-order valence-electron chi connectivity index (χ1n) is 9.78. The van der Waals surface area contributed by atoms with Crippen molar-refractivity contribution in [2.24, 2.45) is 0 Å². The van der Waals surface area contributed by atoms with E-state index in [1.54, 1.807) is 18.2 Å². The first kappa shape index (κ1) is 22.6. The fourth-order valence-electron chi connectivity index (χ4n) is 3.36. The minimum absolute atomic E-state index is 0.00880. The molecule has 2 aromatic carbocycles. The van der Waals surface area contributed by atoms with E-state index in [4.69, 9.17) is 0 Å². The number of benzene rings is 2. The summed E-state index contributed by atoms with van der Waals surface area (Å²) in [7, 11) is 0.986. The number of aromatic nitrogens is 2. The number of fused-ring (bicyclic) bond motifs is 1. The van der Waals surface area contributed by atoms with E-state index < -0.39 is 39.6 Å². The number of carbonyl (C=O) groups is 1. The van der Waals surface area contributed by atoms with Crippen molar-refractivity contribution in [1.82, 2.24) is 9.97 Å². The first-order chi connectivity index (χ1) is 16.3. The van der Waals surface area contributed by atoms with E-state index in [-0.39, 0.29) is 29.2 Å². The van der Waals surface area contributed by atoms with Gasteiger partial charge in [0.1, 0.15) is 23.0 Å². The summed E-state index contributed by atoms with van der Waals surface area (Å²) in [5, 5.41) is 14.8. The average molecular weight is 468 g/mol. The zero-order valence-electron chi connectivity index (χ0n) is 17.5. The fraction of sp³-hybridized carbons (Fsp3) is 0.0870. The fourth-order valence-corrected chi connectivity index (χ4v) is 3.36. The molecule has 8 nitrogen and oxygen atoms in total. The van der Waals surface area contributed by atoms with Gasteiger partial charge in [0, 0.05) is 41.4 Å². The molecular weight excluding hydrogens is 453 g/mol. The van der Waals surface area contributed by atoms with Crippen LogP contribution in [0.5, 0.6) is 0 Å². The lowest BCUT2D eigenvalue weighted by atomic mass is 10.1. The minimum Gasteiger partial charge on any atom is -0.465 e. The molecule has 34 heavy (non-hydrogen) atoms. The van der Waals surface area contributed by atoms with Gasteiger partial charge in [0.25, 0.3) is 0 Å². The third-order valence-electron chi connectivity index (χ3n) is 5.02. The Kier molecular flexibility index (Phi) is 6.09. The Labute approximate surface area is 190 Å². The Morgan fingerprint density at radius 3 is 2.50 bits per heavy atom. The van der Waals surface area contributed by atoms with Crippen molar-refractivity contribution in [2.75, 3.05) is 12.4 Å². The number of esters is 1. The molecule has 0 aliphatic rings. The van der Waals surface area contributed by atoms with Crippen LogP contribution in [0.25, 0.3) is 22.2 Å². The Morgan fingerprint density at radius 2 is 1.82 bits per heavy atom. The Balaban J connectivity index is 1.69. The second-order valence-corrected chi connectivity index (χ2v) is 7.12. The summed E-state index contributed by atoms with van der Waals surface area (Å²) in [4.78, 5) is 30.5. The number of ether oxygens (including phenoxy) is 1. The highest BCUT2D eigenvalue weighted by Gasteiger charge is 2.22. The number of nitro groups is 1. The van der Waals surface area contributed by atoms with Gasteiger partial charge in [-0.3, -0.25) is 15.1 Å². The molecule has 172 valence electrons. The molecule has 0 atom stereocenters. The van der Waals surface area contributed by atoms with E-state index in [1.165, 1.54) is 18.3 Å². The standard InChI is InChI=1S/C23H15F3N4O4/c1-34-23(31)21-16(25)8-13(9-17(21)26)18-4-5-20(30(32)33)22(29-18)28-11-14-7-12-3-2-6-27-19(12)10-15(14)24/h2-10H,11H2,1H3,(H,28,29). The van der Waals surface area contributed by atoms with E-state index in [1.807, 2.05) is 0 Å². The topological polar surface area (TPSA) is 107 Å². The van der Waals surface area contributed by atoms with E-state index in [9.17, 15) is 28.1 Å². The van der Waals surface area contributed by atoms with E-state index in [0.29, 0.717) is 10.9 Å². The van der Waals surface area contributed by atoms with Crippen LogP contribution >= 0.6 is 0 Å². The van der Waals surface area contributed by atoms with Crippen LogP contribution < -0.4 is 5.32 Å². The van der Waals surface area contributed by atoms with Crippen molar-refractivity contribution in [3.05, 3.63) is 93.4 Å². The van der Waals surface area contributed by atoms with Gasteiger partial charge in [0.05, 0.1) is 23.2 Å². The number of nitrogens with one attached hydrogen (secondary N) is 1. The second-order valence-electron chi connectivity index (χ2n) is 7.12. The van der Waals surface area contributed by atoms with Crippen molar-refractivity contribution < 1.29 is 27.6 Å². The molecule has 4 rings (SSSR count). The quantitative estimate of drug-likeness (QED) is 0.240. The van der Waals surface area contributed by atoms with Crippen molar-refractivity contribution in [3.8, 4) is 11.3 Å². The summed E-state index contributed by atoms with van der Waals surface area (Å²) in [6.45, 7) is -0.155. The van der Waals surface area contributed by atoms with Gasteiger partial charge in [-0.2, -0.15) is 0 Å². The molecule has 0 bridgehead atoms. The highest BCUT2D eigenvalue weighted by Crippen LogP contribution is 2.30. The average Bonchev–Trinajstić information content (AvgIpc) is 2.81. The van der Waals surface area contributed by atoms with Gasteiger partial charge in [0.2, 0.25) is 5.82 Å². The number of nitrogens with zero attached hydrogens (tertiary/aromatic N) is 3. The predicted molar refractivity (Wildman–Crippen MR) is 117 cm³/mol. The van der Waals surface area contributed by atoms with Crippen LogP contribution in [0, 0.1) is 27.6 Å². The molecule has 4 aromatic rings. The predicted octanol–water partition coefficient (Wildman–Crippen LogP) is 5.02. The maximum Gasteiger partial charge on any atom is 0.343 e. The van der Waals surface area contributed by atoms with Crippen molar-refractivity contribution >= 4 is 28.4 Å². The largest absolute Gasteiger partial charge is 0.465 e. The number of hydrogen-bond acceptors (Lipinski definition) is 7. The van der Waals surface area contributed by atoms with Crippen LogP contribution in [-0.2, 0) is 11.3 Å². The highest BCUT2D eigenvalue weighted by atomic mass is 19.1. The van der Waals surface area contributed by atoms with E-state index >= 15 is 0 Å². The van der Waals surface area contributed by atoms with Crippen LogP contribution in [0.1, 0.15) is 15.9 Å². The van der Waals surface area contributed by atoms with Gasteiger partial charge >= 0.3 is 11.7 Å². The molecule has 0 fully saturated rings. The number of halogens is 3. The van der Waals surface area contributed by atoms with Crippen LogP contribution in [0.4, 0.5) is 24.7 Å². The number of anilines is 1. The van der Waals surface area contributed by atoms with Crippen LogP contribution in [0.15, 0.2) is 54.7 Å². The van der Waals surface area contributed by atoms with E-state index in [2.05, 4.69) is 20.0 Å². The summed E-state index contributed by atoms with van der Waals surface area (Å²) in [6, 6.07) is 10.3. The number of rotatable bonds is 6. The smallest absolute Gasteiger partial charge is 0.343 e.